The molecular weight excluding hydrogens is 414 g/mol. The predicted molar refractivity (Wildman–Crippen MR) is 82.5 cm³/mol. The lowest BCUT2D eigenvalue weighted by Crippen LogP contribution is -2.36. The molecule has 7 nitrogen and oxygen atoms in total. The van der Waals surface area contributed by atoms with E-state index in [4.69, 9.17) is 23.2 Å². The van der Waals surface area contributed by atoms with Crippen LogP contribution in [0.2, 0.25) is 5.15 Å². The molecule has 0 bridgehead atoms. The van der Waals surface area contributed by atoms with Crippen LogP contribution in [0.3, 0.4) is 0 Å². The van der Waals surface area contributed by atoms with Crippen LogP contribution in [-0.2, 0) is 4.79 Å². The summed E-state index contributed by atoms with van der Waals surface area (Å²) in [6, 6.07) is 2.58. The molecule has 1 amide bonds. The fourth-order valence-electron chi connectivity index (χ4n) is 1.72. The van der Waals surface area contributed by atoms with Crippen LogP contribution in [0.5, 0.6) is 0 Å². The summed E-state index contributed by atoms with van der Waals surface area (Å²) in [5.41, 5.74) is 7.50. The maximum atomic E-state index is 14.0. The second-order valence-corrected chi connectivity index (χ2v) is 5.32. The highest BCUT2D eigenvalue weighted by Gasteiger charge is 2.31. The van der Waals surface area contributed by atoms with E-state index in [0.29, 0.717) is 3.57 Å². The SMILES string of the molecule is NNC(=O)C(c1ncccc1F)c1nc(N)nc(Cl)c1I. The molecule has 10 heteroatoms. The number of hydrazine groups is 1. The van der Waals surface area contributed by atoms with E-state index < -0.39 is 17.6 Å². The molecule has 2 rings (SSSR count). The van der Waals surface area contributed by atoms with Crippen LogP contribution in [-0.4, -0.2) is 20.9 Å². The second-order valence-electron chi connectivity index (χ2n) is 3.88. The number of pyridine rings is 1. The molecule has 2 aromatic heterocycles. The monoisotopic (exact) mass is 422 g/mol. The van der Waals surface area contributed by atoms with E-state index in [1.54, 1.807) is 0 Å². The first kappa shape index (κ1) is 15.8. The zero-order valence-electron chi connectivity index (χ0n) is 10.3. The Morgan fingerprint density at radius 3 is 2.76 bits per heavy atom. The molecule has 0 radical (unpaired) electrons. The molecule has 0 aliphatic rings. The van der Waals surface area contributed by atoms with Crippen molar-refractivity contribution >= 4 is 46.0 Å². The number of nitrogens with zero attached hydrogens (tertiary/aromatic N) is 3. The van der Waals surface area contributed by atoms with Crippen molar-refractivity contribution in [2.24, 2.45) is 5.84 Å². The Morgan fingerprint density at radius 2 is 2.14 bits per heavy atom. The molecule has 0 aliphatic heterocycles. The highest BCUT2D eigenvalue weighted by molar-refractivity contribution is 14.1. The highest BCUT2D eigenvalue weighted by Crippen LogP contribution is 2.30. The summed E-state index contributed by atoms with van der Waals surface area (Å²) in [4.78, 5) is 23.7. The van der Waals surface area contributed by atoms with Crippen molar-refractivity contribution < 1.29 is 9.18 Å². The summed E-state index contributed by atoms with van der Waals surface area (Å²) in [5, 5.41) is 0.0595. The summed E-state index contributed by atoms with van der Waals surface area (Å²) in [6.45, 7) is 0. The maximum Gasteiger partial charge on any atom is 0.249 e. The van der Waals surface area contributed by atoms with Gasteiger partial charge in [0, 0.05) is 6.20 Å². The molecule has 2 heterocycles. The fraction of sp³-hybridized carbons (Fsp3) is 0.0909. The molecule has 1 unspecified atom stereocenters. The van der Waals surface area contributed by atoms with E-state index >= 15 is 0 Å². The number of rotatable bonds is 3. The topological polar surface area (TPSA) is 120 Å². The minimum Gasteiger partial charge on any atom is -0.368 e. The molecule has 5 N–H and O–H groups in total. The quantitative estimate of drug-likeness (QED) is 0.223. The number of carbonyl (C=O) groups is 1. The first-order valence-corrected chi connectivity index (χ1v) is 7.00. The van der Waals surface area contributed by atoms with E-state index in [-0.39, 0.29) is 22.5 Å². The molecule has 0 saturated carbocycles. The Morgan fingerprint density at radius 1 is 1.43 bits per heavy atom. The lowest BCUT2D eigenvalue weighted by atomic mass is 9.99. The van der Waals surface area contributed by atoms with Crippen LogP contribution in [0.15, 0.2) is 18.3 Å². The summed E-state index contributed by atoms with van der Waals surface area (Å²) in [5.74, 6) is 2.47. The predicted octanol–water partition coefficient (Wildman–Crippen LogP) is 0.973. The van der Waals surface area contributed by atoms with E-state index in [2.05, 4.69) is 15.0 Å². The van der Waals surface area contributed by atoms with Gasteiger partial charge in [-0.25, -0.2) is 20.2 Å². The number of aromatic nitrogens is 3. The second kappa shape index (κ2) is 6.45. The van der Waals surface area contributed by atoms with Gasteiger partial charge in [0.05, 0.1) is 15.0 Å². The van der Waals surface area contributed by atoms with Crippen LogP contribution in [0, 0.1) is 9.39 Å². The van der Waals surface area contributed by atoms with Gasteiger partial charge in [-0.05, 0) is 34.7 Å². The number of amides is 1. The first-order valence-electron chi connectivity index (χ1n) is 5.55. The van der Waals surface area contributed by atoms with Gasteiger partial charge in [0.15, 0.2) is 0 Å². The Balaban J connectivity index is 2.68. The third kappa shape index (κ3) is 3.19. The molecule has 21 heavy (non-hydrogen) atoms. The van der Waals surface area contributed by atoms with Gasteiger partial charge in [-0.15, -0.1) is 0 Å². The lowest BCUT2D eigenvalue weighted by Gasteiger charge is -2.17. The Bertz CT molecular complexity index is 700. The van der Waals surface area contributed by atoms with Gasteiger partial charge in [-0.2, -0.15) is 0 Å². The normalized spacial score (nSPS) is 12.0. The number of nitrogens with two attached hydrogens (primary N) is 2. The molecule has 110 valence electrons. The van der Waals surface area contributed by atoms with Crippen molar-refractivity contribution in [1.29, 1.82) is 0 Å². The molecule has 0 saturated heterocycles. The summed E-state index contributed by atoms with van der Waals surface area (Å²) >= 11 is 7.76. The Kier molecular flexibility index (Phi) is 4.85. The van der Waals surface area contributed by atoms with Gasteiger partial charge >= 0.3 is 0 Å². The first-order chi connectivity index (χ1) is 9.95. The standard InChI is InChI=1S/C11H9ClFIN6O/c12-9-6(14)8(18-11(15)19-9)5(10(21)20-16)7-4(13)2-1-3-17-7/h1-3,5H,16H2,(H,20,21)(H2,15,18,19). The van der Waals surface area contributed by atoms with Crippen molar-refractivity contribution in [3.8, 4) is 0 Å². The van der Waals surface area contributed by atoms with Crippen LogP contribution in [0.25, 0.3) is 0 Å². The number of nitrogens with one attached hydrogen (secondary N) is 1. The van der Waals surface area contributed by atoms with Crippen LogP contribution >= 0.6 is 34.2 Å². The van der Waals surface area contributed by atoms with Gasteiger partial charge in [0.2, 0.25) is 11.9 Å². The van der Waals surface area contributed by atoms with Crippen molar-refractivity contribution in [3.63, 3.8) is 0 Å². The molecule has 0 aromatic carbocycles. The zero-order valence-corrected chi connectivity index (χ0v) is 13.3. The van der Waals surface area contributed by atoms with Gasteiger partial charge in [0.25, 0.3) is 0 Å². The third-order valence-corrected chi connectivity index (χ3v) is 4.25. The summed E-state index contributed by atoms with van der Waals surface area (Å²) < 4.78 is 14.3. The van der Waals surface area contributed by atoms with Gasteiger partial charge in [-0.3, -0.25) is 15.2 Å². The van der Waals surface area contributed by atoms with E-state index in [9.17, 15) is 9.18 Å². The number of carbonyl (C=O) groups excluding carboxylic acids is 1. The van der Waals surface area contributed by atoms with Gasteiger partial charge < -0.3 is 5.73 Å². The smallest absolute Gasteiger partial charge is 0.249 e. The summed E-state index contributed by atoms with van der Waals surface area (Å²) in [7, 11) is 0. The zero-order chi connectivity index (χ0) is 15.6. The van der Waals surface area contributed by atoms with Gasteiger partial charge in [-0.1, -0.05) is 11.6 Å². The highest BCUT2D eigenvalue weighted by atomic mass is 127. The van der Waals surface area contributed by atoms with E-state index in [1.807, 2.05) is 28.0 Å². The fourth-order valence-corrected chi connectivity index (χ4v) is 2.45. The van der Waals surface area contributed by atoms with Crippen LogP contribution in [0.1, 0.15) is 17.3 Å². The Labute approximate surface area is 137 Å². The minimum atomic E-state index is -1.19. The Hall–Kier alpha value is -1.59. The van der Waals surface area contributed by atoms with E-state index in [1.165, 1.54) is 18.3 Å². The van der Waals surface area contributed by atoms with Crippen LogP contribution in [0.4, 0.5) is 10.3 Å². The number of hydrogen-bond acceptors (Lipinski definition) is 6. The van der Waals surface area contributed by atoms with Gasteiger partial charge in [0.1, 0.15) is 16.9 Å². The minimum absolute atomic E-state index is 0.0595. The third-order valence-electron chi connectivity index (χ3n) is 2.59. The number of anilines is 1. The van der Waals surface area contributed by atoms with Crippen molar-refractivity contribution in [1.82, 2.24) is 20.4 Å². The average Bonchev–Trinajstić information content (AvgIpc) is 2.45. The average molecular weight is 423 g/mol. The van der Waals surface area contributed by atoms with E-state index in [0.717, 1.165) is 0 Å². The number of halogens is 3. The molecule has 0 aliphatic carbocycles. The van der Waals surface area contributed by atoms with Crippen molar-refractivity contribution in [2.45, 2.75) is 5.92 Å². The molecule has 0 fully saturated rings. The number of hydrogen-bond donors (Lipinski definition) is 3. The summed E-state index contributed by atoms with van der Waals surface area (Å²) in [6.07, 6.45) is 1.36. The van der Waals surface area contributed by atoms with Crippen LogP contribution < -0.4 is 17.0 Å². The molecule has 0 spiro atoms. The lowest BCUT2D eigenvalue weighted by molar-refractivity contribution is -0.121. The van der Waals surface area contributed by atoms with Crippen molar-refractivity contribution in [2.75, 3.05) is 5.73 Å². The molecule has 2 aromatic rings. The van der Waals surface area contributed by atoms with Crippen molar-refractivity contribution in [3.05, 3.63) is 44.3 Å². The maximum absolute atomic E-state index is 14.0. The molecule has 1 atom stereocenters. The largest absolute Gasteiger partial charge is 0.368 e. The molecular formula is C11H9ClFIN6O. The number of nitrogen functional groups attached to an aromatic ring is 1.